The van der Waals surface area contributed by atoms with Gasteiger partial charge in [-0.05, 0) is 24.3 Å². The van der Waals surface area contributed by atoms with E-state index in [2.05, 4.69) is 43.7 Å². The molecule has 0 saturated carbocycles. The number of nitrogens with one attached hydrogen (secondary N) is 2. The number of rotatable bonds is 2. The van der Waals surface area contributed by atoms with Crippen molar-refractivity contribution in [2.45, 2.75) is 0 Å². The first-order valence-corrected chi connectivity index (χ1v) is 7.26. The number of halogens is 1. The third-order valence-electron chi connectivity index (χ3n) is 3.35. The van der Waals surface area contributed by atoms with Crippen LogP contribution < -0.4 is 10.6 Å². The Morgan fingerprint density at radius 1 is 1.27 bits per heavy atom. The molecule has 2 aliphatic heterocycles. The highest BCUT2D eigenvalue weighted by molar-refractivity contribution is 9.10. The Kier molecular flexibility index (Phi) is 3.54. The molecule has 5 nitrogen and oxygen atoms in total. The number of anilines is 1. The third kappa shape index (κ3) is 2.30. The van der Waals surface area contributed by atoms with E-state index in [9.17, 15) is 10.5 Å². The number of benzene rings is 1. The molecule has 3 rings (SSSR count). The molecular weight excluding hydrogens is 342 g/mol. The molecule has 0 bridgehead atoms. The van der Waals surface area contributed by atoms with Gasteiger partial charge in [0.05, 0.1) is 23.5 Å². The van der Waals surface area contributed by atoms with Gasteiger partial charge in [-0.2, -0.15) is 10.5 Å². The molecule has 2 aliphatic rings. The number of fused-ring (bicyclic) bond motifs is 1. The topological polar surface area (TPSA) is 84.0 Å². The standard InChI is InChI=1S/C16H10BrN5/c17-11-2-1-3-12(6-11)22-15-13-4-5-20-7-14(13)21-10-16(15,8-18)9-19/h1-7,10,20,22H. The molecule has 0 amide bonds. The summed E-state index contributed by atoms with van der Waals surface area (Å²) in [4.78, 5) is 4.23. The SMILES string of the molecule is N#CC1(C#N)C=NC2=CNC=CC2=C1Nc1cccc(Br)c1. The van der Waals surface area contributed by atoms with Crippen LogP contribution in [0.15, 0.2) is 69.2 Å². The first-order valence-electron chi connectivity index (χ1n) is 6.47. The lowest BCUT2D eigenvalue weighted by molar-refractivity contribution is 0.833. The molecule has 2 N–H and O–H groups in total. The van der Waals surface area contributed by atoms with Crippen LogP contribution in [0.1, 0.15) is 0 Å². The van der Waals surface area contributed by atoms with Crippen molar-refractivity contribution in [3.8, 4) is 12.1 Å². The fourth-order valence-electron chi connectivity index (χ4n) is 2.25. The summed E-state index contributed by atoms with van der Waals surface area (Å²) in [5, 5.41) is 25.2. The van der Waals surface area contributed by atoms with Crippen LogP contribution >= 0.6 is 15.9 Å². The van der Waals surface area contributed by atoms with Crippen molar-refractivity contribution in [1.82, 2.24) is 5.32 Å². The van der Waals surface area contributed by atoms with Crippen LogP contribution in [0, 0.1) is 28.1 Å². The number of allylic oxidation sites excluding steroid dienone is 2. The monoisotopic (exact) mass is 351 g/mol. The summed E-state index contributed by atoms with van der Waals surface area (Å²) < 4.78 is 0.906. The summed E-state index contributed by atoms with van der Waals surface area (Å²) in [7, 11) is 0. The molecule has 2 heterocycles. The molecule has 0 atom stereocenters. The number of nitriles is 2. The summed E-state index contributed by atoms with van der Waals surface area (Å²) in [5.41, 5.74) is 1.27. The smallest absolute Gasteiger partial charge is 0.218 e. The first kappa shape index (κ1) is 14.1. The fourth-order valence-corrected chi connectivity index (χ4v) is 2.65. The van der Waals surface area contributed by atoms with Crippen molar-refractivity contribution in [3.05, 3.63) is 64.2 Å². The van der Waals surface area contributed by atoms with Gasteiger partial charge in [-0.3, -0.25) is 4.99 Å². The molecule has 0 radical (unpaired) electrons. The van der Waals surface area contributed by atoms with Gasteiger partial charge in [-0.1, -0.05) is 22.0 Å². The van der Waals surface area contributed by atoms with Crippen LogP contribution in [0.4, 0.5) is 5.69 Å². The van der Waals surface area contributed by atoms with E-state index in [1.165, 1.54) is 6.21 Å². The van der Waals surface area contributed by atoms with E-state index < -0.39 is 5.41 Å². The minimum Gasteiger partial charge on any atom is -0.366 e. The molecule has 0 saturated heterocycles. The van der Waals surface area contributed by atoms with E-state index in [1.54, 1.807) is 18.5 Å². The average Bonchev–Trinajstić information content (AvgIpc) is 2.56. The number of hydrogen-bond donors (Lipinski definition) is 2. The lowest BCUT2D eigenvalue weighted by Gasteiger charge is -2.27. The summed E-state index contributed by atoms with van der Waals surface area (Å²) in [6.45, 7) is 0. The van der Waals surface area contributed by atoms with Crippen LogP contribution in [0.5, 0.6) is 0 Å². The lowest BCUT2D eigenvalue weighted by Crippen LogP contribution is -2.31. The van der Waals surface area contributed by atoms with Crippen LogP contribution in [0.2, 0.25) is 0 Å². The zero-order valence-corrected chi connectivity index (χ0v) is 12.9. The van der Waals surface area contributed by atoms with Crippen molar-refractivity contribution < 1.29 is 0 Å². The highest BCUT2D eigenvalue weighted by atomic mass is 79.9. The molecule has 1 aromatic rings. The quantitative estimate of drug-likeness (QED) is 0.856. The summed E-state index contributed by atoms with van der Waals surface area (Å²) in [6, 6.07) is 11.7. The van der Waals surface area contributed by atoms with Gasteiger partial charge >= 0.3 is 0 Å². The van der Waals surface area contributed by atoms with Gasteiger partial charge in [0.1, 0.15) is 0 Å². The zero-order chi connectivity index (χ0) is 15.6. The van der Waals surface area contributed by atoms with Crippen molar-refractivity contribution in [2.24, 2.45) is 10.4 Å². The van der Waals surface area contributed by atoms with Crippen LogP contribution in [0.3, 0.4) is 0 Å². The molecule has 0 fully saturated rings. The molecule has 0 unspecified atom stereocenters. The Balaban J connectivity index is 2.14. The van der Waals surface area contributed by atoms with Crippen LogP contribution in [-0.4, -0.2) is 6.21 Å². The maximum atomic E-state index is 9.53. The minimum atomic E-state index is -1.43. The third-order valence-corrected chi connectivity index (χ3v) is 3.84. The van der Waals surface area contributed by atoms with Gasteiger partial charge in [0.2, 0.25) is 5.41 Å². The van der Waals surface area contributed by atoms with E-state index in [0.29, 0.717) is 11.4 Å². The van der Waals surface area contributed by atoms with Gasteiger partial charge in [0.15, 0.2) is 0 Å². The predicted molar refractivity (Wildman–Crippen MR) is 87.3 cm³/mol. The molecule has 106 valence electrons. The normalized spacial score (nSPS) is 17.7. The summed E-state index contributed by atoms with van der Waals surface area (Å²) in [6.07, 6.45) is 6.65. The van der Waals surface area contributed by atoms with Gasteiger partial charge in [-0.15, -0.1) is 0 Å². The second kappa shape index (κ2) is 5.51. The van der Waals surface area contributed by atoms with Gasteiger partial charge < -0.3 is 10.6 Å². The van der Waals surface area contributed by atoms with Crippen LogP contribution in [-0.2, 0) is 0 Å². The number of dihydropyridines is 2. The van der Waals surface area contributed by atoms with Crippen LogP contribution in [0.25, 0.3) is 0 Å². The summed E-state index contributed by atoms with van der Waals surface area (Å²) in [5.74, 6) is 0. The van der Waals surface area contributed by atoms with E-state index in [1.807, 2.05) is 24.3 Å². The number of nitrogens with zero attached hydrogens (tertiary/aromatic N) is 3. The average molecular weight is 352 g/mol. The Morgan fingerprint density at radius 2 is 2.09 bits per heavy atom. The molecular formula is C16H10BrN5. The van der Waals surface area contributed by atoms with Crippen molar-refractivity contribution in [3.63, 3.8) is 0 Å². The fraction of sp³-hybridized carbons (Fsp3) is 0.0625. The Bertz CT molecular complexity index is 819. The zero-order valence-electron chi connectivity index (χ0n) is 11.3. The highest BCUT2D eigenvalue weighted by Gasteiger charge is 2.39. The molecule has 22 heavy (non-hydrogen) atoms. The minimum absolute atomic E-state index is 0.509. The Hall–Kier alpha value is -2.83. The van der Waals surface area contributed by atoms with Crippen molar-refractivity contribution >= 4 is 27.8 Å². The molecule has 0 aromatic heterocycles. The highest BCUT2D eigenvalue weighted by Crippen LogP contribution is 2.36. The largest absolute Gasteiger partial charge is 0.366 e. The van der Waals surface area contributed by atoms with E-state index in [-0.39, 0.29) is 0 Å². The number of hydrogen-bond acceptors (Lipinski definition) is 5. The Labute approximate surface area is 136 Å². The second-order valence-electron chi connectivity index (χ2n) is 4.74. The van der Waals surface area contributed by atoms with Gasteiger partial charge in [-0.25, -0.2) is 0 Å². The molecule has 0 spiro atoms. The van der Waals surface area contributed by atoms with Crippen molar-refractivity contribution in [1.29, 1.82) is 10.5 Å². The van der Waals surface area contributed by atoms with E-state index in [0.717, 1.165) is 15.7 Å². The van der Waals surface area contributed by atoms with E-state index >= 15 is 0 Å². The second-order valence-corrected chi connectivity index (χ2v) is 5.66. The molecule has 6 heteroatoms. The summed E-state index contributed by atoms with van der Waals surface area (Å²) >= 11 is 3.41. The van der Waals surface area contributed by atoms with Crippen molar-refractivity contribution in [2.75, 3.05) is 5.32 Å². The molecule has 0 aliphatic carbocycles. The Morgan fingerprint density at radius 3 is 2.82 bits per heavy atom. The number of aliphatic imine (C=N–C) groups is 1. The van der Waals surface area contributed by atoms with E-state index in [4.69, 9.17) is 0 Å². The predicted octanol–water partition coefficient (Wildman–Crippen LogP) is 3.19. The maximum Gasteiger partial charge on any atom is 0.218 e. The van der Waals surface area contributed by atoms with Gasteiger partial charge in [0.25, 0.3) is 0 Å². The van der Waals surface area contributed by atoms with Gasteiger partial charge in [0, 0.05) is 34.3 Å². The maximum absolute atomic E-state index is 9.53. The molecule has 1 aromatic carbocycles. The lowest BCUT2D eigenvalue weighted by atomic mass is 9.82. The first-order chi connectivity index (χ1) is 10.7.